The van der Waals surface area contributed by atoms with Gasteiger partial charge < -0.3 is 10.1 Å². The number of sulfonamides is 1. The number of rotatable bonds is 7. The monoisotopic (exact) mass is 288 g/mol. The van der Waals surface area contributed by atoms with E-state index >= 15 is 0 Å². The summed E-state index contributed by atoms with van der Waals surface area (Å²) in [5, 5.41) is 8.74. The SMILES string of the molecule is CC(C)CCC(C)NS(=O)(=O)c1c[nH]c(C(=O)O)c1. The Balaban J connectivity index is 2.72. The summed E-state index contributed by atoms with van der Waals surface area (Å²) in [6.45, 7) is 5.95. The van der Waals surface area contributed by atoms with Gasteiger partial charge in [-0.2, -0.15) is 0 Å². The molecular weight excluding hydrogens is 268 g/mol. The van der Waals surface area contributed by atoms with Crippen molar-refractivity contribution in [2.45, 2.75) is 44.6 Å². The van der Waals surface area contributed by atoms with E-state index in [1.165, 1.54) is 6.20 Å². The number of carboxylic acid groups (broad SMARTS) is 1. The number of nitrogens with one attached hydrogen (secondary N) is 2. The summed E-state index contributed by atoms with van der Waals surface area (Å²) in [7, 11) is -3.66. The molecule has 0 aromatic carbocycles. The van der Waals surface area contributed by atoms with Crippen LogP contribution in [-0.4, -0.2) is 30.5 Å². The van der Waals surface area contributed by atoms with Crippen molar-refractivity contribution >= 4 is 16.0 Å². The molecule has 0 spiro atoms. The van der Waals surface area contributed by atoms with Gasteiger partial charge in [-0.3, -0.25) is 0 Å². The summed E-state index contributed by atoms with van der Waals surface area (Å²) in [5.41, 5.74) is -0.143. The molecule has 1 rings (SSSR count). The van der Waals surface area contributed by atoms with Gasteiger partial charge in [0.15, 0.2) is 0 Å². The lowest BCUT2D eigenvalue weighted by Crippen LogP contribution is -2.32. The van der Waals surface area contributed by atoms with Crippen molar-refractivity contribution in [3.63, 3.8) is 0 Å². The number of carboxylic acids is 1. The average Bonchev–Trinajstić information content (AvgIpc) is 2.75. The molecule has 19 heavy (non-hydrogen) atoms. The van der Waals surface area contributed by atoms with Crippen LogP contribution in [0.2, 0.25) is 0 Å². The summed E-state index contributed by atoms with van der Waals surface area (Å²) in [4.78, 5) is 13.1. The number of H-pyrrole nitrogens is 1. The fourth-order valence-electron chi connectivity index (χ4n) is 1.63. The molecule has 1 aromatic rings. The molecule has 0 saturated carbocycles. The highest BCUT2D eigenvalue weighted by Gasteiger charge is 2.20. The second-order valence-corrected chi connectivity index (χ2v) is 6.76. The van der Waals surface area contributed by atoms with E-state index < -0.39 is 16.0 Å². The molecule has 0 bridgehead atoms. The molecule has 6 nitrogen and oxygen atoms in total. The van der Waals surface area contributed by atoms with Crippen molar-refractivity contribution < 1.29 is 18.3 Å². The first kappa shape index (κ1) is 15.7. The summed E-state index contributed by atoms with van der Waals surface area (Å²) >= 11 is 0. The fraction of sp³-hybridized carbons (Fsp3) is 0.583. The van der Waals surface area contributed by atoms with Crippen LogP contribution in [-0.2, 0) is 10.0 Å². The van der Waals surface area contributed by atoms with Crippen molar-refractivity contribution in [1.82, 2.24) is 9.71 Å². The van der Waals surface area contributed by atoms with Crippen molar-refractivity contribution in [3.05, 3.63) is 18.0 Å². The van der Waals surface area contributed by atoms with Gasteiger partial charge in [0.2, 0.25) is 10.0 Å². The van der Waals surface area contributed by atoms with Crippen molar-refractivity contribution in [2.75, 3.05) is 0 Å². The topological polar surface area (TPSA) is 99.3 Å². The largest absolute Gasteiger partial charge is 0.477 e. The average molecular weight is 288 g/mol. The Labute approximate surface area is 113 Å². The maximum Gasteiger partial charge on any atom is 0.352 e. The van der Waals surface area contributed by atoms with Crippen molar-refractivity contribution in [1.29, 1.82) is 0 Å². The summed E-state index contributed by atoms with van der Waals surface area (Å²) < 4.78 is 26.5. The molecule has 3 N–H and O–H groups in total. The van der Waals surface area contributed by atoms with E-state index in [1.54, 1.807) is 6.92 Å². The third kappa shape index (κ3) is 4.68. The van der Waals surface area contributed by atoms with E-state index in [9.17, 15) is 13.2 Å². The third-order valence-corrected chi connectivity index (χ3v) is 4.30. The van der Waals surface area contributed by atoms with Gasteiger partial charge >= 0.3 is 5.97 Å². The Kier molecular flexibility index (Phi) is 5.13. The normalized spacial score (nSPS) is 13.7. The Morgan fingerprint density at radius 1 is 1.37 bits per heavy atom. The molecule has 1 unspecified atom stereocenters. The minimum Gasteiger partial charge on any atom is -0.477 e. The third-order valence-electron chi connectivity index (χ3n) is 2.73. The van der Waals surface area contributed by atoms with Crippen molar-refractivity contribution in [3.8, 4) is 0 Å². The van der Waals surface area contributed by atoms with Gasteiger partial charge in [0.05, 0.1) is 0 Å². The van der Waals surface area contributed by atoms with Crippen LogP contribution >= 0.6 is 0 Å². The van der Waals surface area contributed by atoms with Crippen LogP contribution in [0.5, 0.6) is 0 Å². The van der Waals surface area contributed by atoms with Crippen LogP contribution in [0.25, 0.3) is 0 Å². The molecule has 0 radical (unpaired) electrons. The van der Waals surface area contributed by atoms with Gasteiger partial charge in [-0.05, 0) is 31.7 Å². The van der Waals surface area contributed by atoms with E-state index in [0.29, 0.717) is 5.92 Å². The minimum atomic E-state index is -3.66. The maximum atomic E-state index is 12.0. The zero-order valence-corrected chi connectivity index (χ0v) is 12.1. The zero-order valence-electron chi connectivity index (χ0n) is 11.3. The van der Waals surface area contributed by atoms with Gasteiger partial charge in [-0.1, -0.05) is 13.8 Å². The molecule has 1 atom stereocenters. The molecule has 0 amide bonds. The van der Waals surface area contributed by atoms with Gasteiger partial charge in [0.1, 0.15) is 10.6 Å². The van der Waals surface area contributed by atoms with Gasteiger partial charge in [0, 0.05) is 12.2 Å². The van der Waals surface area contributed by atoms with Gasteiger partial charge in [-0.25, -0.2) is 17.9 Å². The zero-order chi connectivity index (χ0) is 14.6. The highest BCUT2D eigenvalue weighted by atomic mass is 32.2. The molecule has 0 aliphatic heterocycles. The second-order valence-electron chi connectivity index (χ2n) is 5.05. The number of carbonyl (C=O) groups is 1. The van der Waals surface area contributed by atoms with Crippen LogP contribution < -0.4 is 4.72 Å². The van der Waals surface area contributed by atoms with E-state index in [4.69, 9.17) is 5.11 Å². The Hall–Kier alpha value is -1.34. The lowest BCUT2D eigenvalue weighted by molar-refractivity contribution is 0.0691. The smallest absolute Gasteiger partial charge is 0.352 e. The first-order valence-electron chi connectivity index (χ1n) is 6.16. The van der Waals surface area contributed by atoms with Crippen LogP contribution in [0.15, 0.2) is 17.2 Å². The number of aromatic amines is 1. The molecule has 7 heteroatoms. The van der Waals surface area contributed by atoms with E-state index in [-0.39, 0.29) is 16.6 Å². The number of hydrogen-bond acceptors (Lipinski definition) is 3. The predicted octanol–water partition coefficient (Wildman–Crippen LogP) is 1.82. The molecule has 0 saturated heterocycles. The quantitative estimate of drug-likeness (QED) is 0.712. The standard InChI is InChI=1S/C12H20N2O4S/c1-8(2)4-5-9(3)14-19(17,18)10-6-11(12(15)16)13-7-10/h6-9,13-14H,4-5H2,1-3H3,(H,15,16). The summed E-state index contributed by atoms with van der Waals surface area (Å²) in [5.74, 6) is -0.674. The molecule has 0 aliphatic rings. The highest BCUT2D eigenvalue weighted by Crippen LogP contribution is 2.13. The van der Waals surface area contributed by atoms with Crippen LogP contribution in [0, 0.1) is 5.92 Å². The lowest BCUT2D eigenvalue weighted by Gasteiger charge is -2.14. The summed E-state index contributed by atoms with van der Waals surface area (Å²) in [6.07, 6.45) is 2.85. The molecule has 0 aliphatic carbocycles. The van der Waals surface area contributed by atoms with Crippen LogP contribution in [0.4, 0.5) is 0 Å². The van der Waals surface area contributed by atoms with Crippen molar-refractivity contribution in [2.24, 2.45) is 5.92 Å². The first-order valence-corrected chi connectivity index (χ1v) is 7.64. The van der Waals surface area contributed by atoms with Crippen LogP contribution in [0.3, 0.4) is 0 Å². The predicted molar refractivity (Wildman–Crippen MR) is 71.6 cm³/mol. The van der Waals surface area contributed by atoms with Gasteiger partial charge in [-0.15, -0.1) is 0 Å². The Morgan fingerprint density at radius 3 is 2.47 bits per heavy atom. The second kappa shape index (κ2) is 6.21. The maximum absolute atomic E-state index is 12.0. The first-order chi connectivity index (χ1) is 8.72. The fourth-order valence-corrected chi connectivity index (χ4v) is 2.90. The molecule has 1 heterocycles. The lowest BCUT2D eigenvalue weighted by atomic mass is 10.1. The molecular formula is C12H20N2O4S. The molecule has 1 aromatic heterocycles. The number of aromatic carboxylic acids is 1. The highest BCUT2D eigenvalue weighted by molar-refractivity contribution is 7.89. The van der Waals surface area contributed by atoms with E-state index in [0.717, 1.165) is 18.9 Å². The van der Waals surface area contributed by atoms with Crippen LogP contribution in [0.1, 0.15) is 44.1 Å². The minimum absolute atomic E-state index is 0.0544. The summed E-state index contributed by atoms with van der Waals surface area (Å²) in [6, 6.07) is 0.926. The Bertz CT molecular complexity index is 534. The van der Waals surface area contributed by atoms with E-state index in [2.05, 4.69) is 23.6 Å². The van der Waals surface area contributed by atoms with E-state index in [1.807, 2.05) is 0 Å². The molecule has 108 valence electrons. The number of aromatic nitrogens is 1. The van der Waals surface area contributed by atoms with Gasteiger partial charge in [0.25, 0.3) is 0 Å². The molecule has 0 fully saturated rings. The number of hydrogen-bond donors (Lipinski definition) is 3. The Morgan fingerprint density at radius 2 is 2.00 bits per heavy atom.